The number of ketones is 2. The summed E-state index contributed by atoms with van der Waals surface area (Å²) in [6, 6.07) is -1.27. The Morgan fingerprint density at radius 1 is 0.600 bits per heavy atom. The summed E-state index contributed by atoms with van der Waals surface area (Å²) in [5.41, 5.74) is 0. The fourth-order valence-corrected chi connectivity index (χ4v) is 3.79. The number of carboxylic acids is 4. The van der Waals surface area contributed by atoms with Crippen LogP contribution in [-0.4, -0.2) is 80.3 Å². The average Bonchev–Trinajstić information content (AvgIpc) is 2.87. The van der Waals surface area contributed by atoms with Crippen molar-refractivity contribution in [3.8, 4) is 0 Å². The molecule has 0 aromatic rings. The molecule has 14 nitrogen and oxygen atoms in total. The van der Waals surface area contributed by atoms with Crippen LogP contribution in [0.3, 0.4) is 0 Å². The summed E-state index contributed by atoms with van der Waals surface area (Å²) in [6.45, 7) is 2.44. The highest BCUT2D eigenvalue weighted by Crippen LogP contribution is 2.19. The van der Waals surface area contributed by atoms with Gasteiger partial charge >= 0.3 is 23.9 Å². The van der Waals surface area contributed by atoms with Crippen LogP contribution in [0.4, 0.5) is 0 Å². The Kier molecular flexibility index (Phi) is 18.2. The van der Waals surface area contributed by atoms with Gasteiger partial charge in [-0.2, -0.15) is 0 Å². The molecule has 0 aromatic heterocycles. The van der Waals surface area contributed by atoms with Crippen LogP contribution in [-0.2, 0) is 38.4 Å². The summed E-state index contributed by atoms with van der Waals surface area (Å²) in [4.78, 5) is 93.0. The minimum atomic E-state index is -1.39. The molecule has 0 radical (unpaired) electrons. The Labute approximate surface area is 231 Å². The Morgan fingerprint density at radius 2 is 1.18 bits per heavy atom. The van der Waals surface area contributed by atoms with E-state index in [-0.39, 0.29) is 50.2 Å². The molecule has 0 bridgehead atoms. The number of Topliss-reactive ketones (excluding diaryl/α,β-unsaturated/α-hetero) is 2. The Hall–Kier alpha value is -3.84. The van der Waals surface area contributed by atoms with Gasteiger partial charge < -0.3 is 31.1 Å². The molecule has 1 unspecified atom stereocenters. The molecule has 0 fully saturated rings. The molecular formula is C26H40N2O12. The van der Waals surface area contributed by atoms with Gasteiger partial charge in [0.2, 0.25) is 11.8 Å². The number of carbonyl (C=O) groups excluding carboxylic acids is 4. The first kappa shape index (κ1) is 36.2. The van der Waals surface area contributed by atoms with E-state index in [0.29, 0.717) is 19.4 Å². The van der Waals surface area contributed by atoms with Gasteiger partial charge in [0.15, 0.2) is 0 Å². The summed E-state index contributed by atoms with van der Waals surface area (Å²) in [5.74, 6) is -9.69. The third-order valence-corrected chi connectivity index (χ3v) is 6.11. The Bertz CT molecular complexity index is 917. The lowest BCUT2D eigenvalue weighted by Crippen LogP contribution is -2.41. The van der Waals surface area contributed by atoms with Gasteiger partial charge in [-0.15, -0.1) is 0 Å². The van der Waals surface area contributed by atoms with Crippen molar-refractivity contribution in [2.45, 2.75) is 96.4 Å². The van der Waals surface area contributed by atoms with Crippen molar-refractivity contribution in [1.82, 2.24) is 10.6 Å². The van der Waals surface area contributed by atoms with E-state index in [4.69, 9.17) is 10.2 Å². The normalized spacial score (nSPS) is 12.9. The molecule has 0 spiro atoms. The van der Waals surface area contributed by atoms with Gasteiger partial charge in [0.1, 0.15) is 17.6 Å². The second kappa shape index (κ2) is 20.1. The topological polar surface area (TPSA) is 242 Å². The van der Waals surface area contributed by atoms with Gasteiger partial charge in [-0.1, -0.05) is 13.3 Å². The first-order chi connectivity index (χ1) is 18.8. The van der Waals surface area contributed by atoms with Crippen molar-refractivity contribution in [3.05, 3.63) is 0 Å². The van der Waals surface area contributed by atoms with Gasteiger partial charge in [-0.3, -0.25) is 33.6 Å². The molecule has 0 saturated carbocycles. The van der Waals surface area contributed by atoms with Crippen molar-refractivity contribution < 1.29 is 58.8 Å². The number of unbranched alkanes of at least 4 members (excludes halogenated alkanes) is 1. The molecule has 0 aliphatic rings. The van der Waals surface area contributed by atoms with E-state index >= 15 is 0 Å². The van der Waals surface area contributed by atoms with Crippen LogP contribution in [0.2, 0.25) is 0 Å². The van der Waals surface area contributed by atoms with Gasteiger partial charge in [0, 0.05) is 51.5 Å². The number of carbonyl (C=O) groups is 8. The van der Waals surface area contributed by atoms with Crippen LogP contribution in [0.5, 0.6) is 0 Å². The van der Waals surface area contributed by atoms with E-state index in [9.17, 15) is 48.6 Å². The molecule has 0 aromatic carbocycles. The second-order valence-electron chi connectivity index (χ2n) is 9.58. The fraction of sp³-hybridized carbons (Fsp3) is 0.692. The lowest BCUT2D eigenvalue weighted by molar-refractivity contribution is -0.146. The van der Waals surface area contributed by atoms with Gasteiger partial charge in [-0.25, -0.2) is 4.79 Å². The first-order valence-electron chi connectivity index (χ1n) is 13.3. The molecule has 0 heterocycles. The fourth-order valence-electron chi connectivity index (χ4n) is 3.79. The van der Waals surface area contributed by atoms with Crippen LogP contribution in [0, 0.1) is 11.8 Å². The zero-order valence-electron chi connectivity index (χ0n) is 22.7. The van der Waals surface area contributed by atoms with E-state index in [2.05, 4.69) is 10.6 Å². The molecule has 0 aliphatic carbocycles. The molecular weight excluding hydrogens is 532 g/mol. The highest BCUT2D eigenvalue weighted by molar-refractivity contribution is 5.88. The zero-order chi connectivity index (χ0) is 30.7. The number of rotatable bonds is 24. The lowest BCUT2D eigenvalue weighted by atomic mass is 9.90. The van der Waals surface area contributed by atoms with E-state index in [1.54, 1.807) is 0 Å². The van der Waals surface area contributed by atoms with Crippen molar-refractivity contribution in [2.24, 2.45) is 11.8 Å². The van der Waals surface area contributed by atoms with Gasteiger partial charge in [0.05, 0.1) is 11.8 Å². The molecule has 0 saturated heterocycles. The van der Waals surface area contributed by atoms with Gasteiger partial charge in [0.25, 0.3) is 0 Å². The molecule has 14 heteroatoms. The Balaban J connectivity index is 4.62. The lowest BCUT2D eigenvalue weighted by Gasteiger charge is -2.16. The van der Waals surface area contributed by atoms with Crippen molar-refractivity contribution in [1.29, 1.82) is 0 Å². The number of hydrogen-bond donors (Lipinski definition) is 6. The molecule has 0 rings (SSSR count). The maximum atomic E-state index is 12.3. The minimum absolute atomic E-state index is 0.0269. The highest BCUT2D eigenvalue weighted by atomic mass is 16.4. The van der Waals surface area contributed by atoms with E-state index < -0.39 is 79.1 Å². The van der Waals surface area contributed by atoms with Crippen LogP contribution < -0.4 is 10.6 Å². The zero-order valence-corrected chi connectivity index (χ0v) is 22.7. The predicted molar refractivity (Wildman–Crippen MR) is 138 cm³/mol. The summed E-state index contributed by atoms with van der Waals surface area (Å²) < 4.78 is 0. The number of hydrogen-bond acceptors (Lipinski definition) is 8. The first-order valence-corrected chi connectivity index (χ1v) is 13.3. The second-order valence-corrected chi connectivity index (χ2v) is 9.58. The third-order valence-electron chi connectivity index (χ3n) is 6.11. The smallest absolute Gasteiger partial charge is 0.326 e. The molecule has 6 N–H and O–H groups in total. The molecule has 3 atom stereocenters. The molecule has 226 valence electrons. The number of aliphatic carboxylic acids is 4. The van der Waals surface area contributed by atoms with Crippen LogP contribution >= 0.6 is 0 Å². The number of nitrogens with one attached hydrogen (secondary N) is 2. The average molecular weight is 573 g/mol. The van der Waals surface area contributed by atoms with Crippen molar-refractivity contribution >= 4 is 47.3 Å². The molecule has 2 amide bonds. The molecule has 40 heavy (non-hydrogen) atoms. The van der Waals surface area contributed by atoms with Crippen molar-refractivity contribution in [3.63, 3.8) is 0 Å². The van der Waals surface area contributed by atoms with E-state index in [1.165, 1.54) is 0 Å². The summed E-state index contributed by atoms with van der Waals surface area (Å²) in [6.07, 6.45) is -0.747. The standard InChI is InChI=1S/C26H40N2O12/c1-2-13-27-21(31)11-9-18(29)5-3-4-6-20(26(39)40)28-22(32)10-7-16(24(35)36)14-19(30)15-17(25(37)38)8-12-23(33)34/h16-17,20H,2-15H2,1H3,(H,27,31)(H,28,32)(H,33,34)(H,35,36)(H,37,38)(H,39,40)/t16-,17-,20?/m1/s1. The van der Waals surface area contributed by atoms with Crippen molar-refractivity contribution in [2.75, 3.05) is 6.54 Å². The SMILES string of the molecule is CCCNC(=O)CCC(=O)CCCCC(NC(=O)CC[C@H](CC(=O)C[C@@H](CCC(=O)O)C(=O)O)C(=O)O)C(=O)O. The maximum absolute atomic E-state index is 12.3. The highest BCUT2D eigenvalue weighted by Gasteiger charge is 2.28. The van der Waals surface area contributed by atoms with E-state index in [1.807, 2.05) is 6.92 Å². The number of carboxylic acid groups (broad SMARTS) is 4. The maximum Gasteiger partial charge on any atom is 0.326 e. The molecule has 0 aliphatic heterocycles. The predicted octanol–water partition coefficient (Wildman–Crippen LogP) is 1.39. The monoisotopic (exact) mass is 572 g/mol. The van der Waals surface area contributed by atoms with Crippen LogP contribution in [0.1, 0.15) is 90.4 Å². The minimum Gasteiger partial charge on any atom is -0.481 e. The summed E-state index contributed by atoms with van der Waals surface area (Å²) in [7, 11) is 0. The van der Waals surface area contributed by atoms with E-state index in [0.717, 1.165) is 6.42 Å². The van der Waals surface area contributed by atoms with Crippen LogP contribution in [0.15, 0.2) is 0 Å². The largest absolute Gasteiger partial charge is 0.481 e. The Morgan fingerprint density at radius 3 is 1.68 bits per heavy atom. The summed E-state index contributed by atoms with van der Waals surface area (Å²) >= 11 is 0. The number of amides is 2. The third kappa shape index (κ3) is 17.6. The summed E-state index contributed by atoms with van der Waals surface area (Å²) in [5, 5.41) is 41.6. The quantitative estimate of drug-likeness (QED) is 0.0899. The van der Waals surface area contributed by atoms with Gasteiger partial charge in [-0.05, 0) is 32.1 Å². The van der Waals surface area contributed by atoms with Crippen LogP contribution in [0.25, 0.3) is 0 Å².